The summed E-state index contributed by atoms with van der Waals surface area (Å²) in [6.45, 7) is 4.62. The van der Waals surface area contributed by atoms with Crippen molar-refractivity contribution >= 4 is 15.9 Å². The summed E-state index contributed by atoms with van der Waals surface area (Å²) in [6.07, 6.45) is 3.65. The first kappa shape index (κ1) is 19.7. The molecule has 0 spiro atoms. The van der Waals surface area contributed by atoms with Gasteiger partial charge < -0.3 is 20.1 Å². The highest BCUT2D eigenvalue weighted by molar-refractivity contribution is 7.89. The highest BCUT2D eigenvalue weighted by atomic mass is 32.2. The molecule has 0 saturated carbocycles. The molecule has 0 fully saturated rings. The topological polar surface area (TPSA) is 106 Å². The molecule has 0 aliphatic carbocycles. The van der Waals surface area contributed by atoms with Gasteiger partial charge in [-0.25, -0.2) is 8.42 Å². The Balaban J connectivity index is 1.62. The molecule has 27 heavy (non-hydrogen) atoms. The largest absolute Gasteiger partial charge is 0.490 e. The molecule has 2 aliphatic heterocycles. The van der Waals surface area contributed by atoms with E-state index in [9.17, 15) is 13.2 Å². The van der Waals surface area contributed by atoms with Gasteiger partial charge in [-0.3, -0.25) is 4.79 Å². The lowest BCUT2D eigenvalue weighted by Gasteiger charge is -2.18. The Bertz CT molecular complexity index is 822. The van der Waals surface area contributed by atoms with Crippen LogP contribution in [-0.4, -0.2) is 53.2 Å². The second-order valence-electron chi connectivity index (χ2n) is 6.54. The van der Waals surface area contributed by atoms with Gasteiger partial charge in [-0.2, -0.15) is 4.72 Å². The molecule has 0 bridgehead atoms. The van der Waals surface area contributed by atoms with Gasteiger partial charge in [0.25, 0.3) is 0 Å². The van der Waals surface area contributed by atoms with E-state index in [1.165, 1.54) is 19.1 Å². The van der Waals surface area contributed by atoms with Gasteiger partial charge in [-0.15, -0.1) is 0 Å². The minimum Gasteiger partial charge on any atom is -0.490 e. The van der Waals surface area contributed by atoms with Gasteiger partial charge in [0.2, 0.25) is 15.9 Å². The fourth-order valence-corrected chi connectivity index (χ4v) is 4.07. The maximum Gasteiger partial charge on any atom is 0.241 e. The van der Waals surface area contributed by atoms with Crippen molar-refractivity contribution in [2.45, 2.75) is 30.7 Å². The lowest BCUT2D eigenvalue weighted by Crippen LogP contribution is -2.45. The zero-order chi connectivity index (χ0) is 19.3. The first-order valence-electron chi connectivity index (χ1n) is 9.04. The minimum atomic E-state index is -3.86. The van der Waals surface area contributed by atoms with Gasteiger partial charge in [0, 0.05) is 25.6 Å². The summed E-state index contributed by atoms with van der Waals surface area (Å²) in [5.74, 6) is 0.546. The van der Waals surface area contributed by atoms with Crippen LogP contribution in [0.3, 0.4) is 0 Å². The second kappa shape index (κ2) is 8.73. The third kappa shape index (κ3) is 5.21. The highest BCUT2D eigenvalue weighted by Gasteiger charge is 2.24. The Kier molecular flexibility index (Phi) is 6.35. The number of carbonyl (C=O) groups is 1. The first-order valence-corrected chi connectivity index (χ1v) is 10.5. The van der Waals surface area contributed by atoms with Crippen LogP contribution in [-0.2, 0) is 14.8 Å². The molecule has 1 aromatic carbocycles. The average molecular weight is 395 g/mol. The highest BCUT2D eigenvalue weighted by Crippen LogP contribution is 2.31. The van der Waals surface area contributed by atoms with Crippen LogP contribution in [0.25, 0.3) is 0 Å². The molecular weight excluding hydrogens is 370 g/mol. The summed E-state index contributed by atoms with van der Waals surface area (Å²) >= 11 is 0. The third-order valence-corrected chi connectivity index (χ3v) is 5.94. The number of fused-ring (bicyclic) bond motifs is 1. The Morgan fingerprint density at radius 2 is 2.04 bits per heavy atom. The van der Waals surface area contributed by atoms with Crippen LogP contribution in [0.15, 0.2) is 34.7 Å². The predicted octanol–water partition coefficient (Wildman–Crippen LogP) is 0.551. The Morgan fingerprint density at radius 3 is 2.78 bits per heavy atom. The normalized spacial score (nSPS) is 18.2. The smallest absolute Gasteiger partial charge is 0.241 e. The molecule has 0 saturated heterocycles. The summed E-state index contributed by atoms with van der Waals surface area (Å²) < 4.78 is 38.7. The van der Waals surface area contributed by atoms with Crippen LogP contribution in [0.5, 0.6) is 11.5 Å². The Labute approximate surface area is 159 Å². The van der Waals surface area contributed by atoms with Crippen molar-refractivity contribution in [1.82, 2.24) is 15.4 Å². The number of amides is 1. The zero-order valence-electron chi connectivity index (χ0n) is 15.3. The third-order valence-electron chi connectivity index (χ3n) is 4.40. The number of ether oxygens (including phenoxy) is 2. The monoisotopic (exact) mass is 395 g/mol. The van der Waals surface area contributed by atoms with Gasteiger partial charge in [0.15, 0.2) is 11.5 Å². The SMILES string of the molecule is CC(NS(=O)(=O)c1ccc2c(c1)OCCCO2)C(=O)NCC1=CCNCC1. The second-order valence-corrected chi connectivity index (χ2v) is 8.25. The Hall–Kier alpha value is -2.10. The van der Waals surface area contributed by atoms with Crippen molar-refractivity contribution in [2.75, 3.05) is 32.8 Å². The quantitative estimate of drug-likeness (QED) is 0.608. The van der Waals surface area contributed by atoms with Crippen LogP contribution in [0.2, 0.25) is 0 Å². The van der Waals surface area contributed by atoms with Gasteiger partial charge in [0.1, 0.15) is 0 Å². The molecule has 148 valence electrons. The summed E-state index contributed by atoms with van der Waals surface area (Å²) in [5, 5.41) is 5.98. The molecule has 1 atom stereocenters. The molecule has 8 nitrogen and oxygen atoms in total. The van der Waals surface area contributed by atoms with E-state index in [0.717, 1.165) is 31.5 Å². The number of hydrogen-bond acceptors (Lipinski definition) is 6. The van der Waals surface area contributed by atoms with Gasteiger partial charge >= 0.3 is 0 Å². The molecule has 1 aromatic rings. The molecule has 0 aromatic heterocycles. The van der Waals surface area contributed by atoms with E-state index in [1.54, 1.807) is 6.07 Å². The molecule has 2 heterocycles. The van der Waals surface area contributed by atoms with Crippen molar-refractivity contribution in [3.63, 3.8) is 0 Å². The van der Waals surface area contributed by atoms with Crippen molar-refractivity contribution in [2.24, 2.45) is 0 Å². The van der Waals surface area contributed by atoms with Gasteiger partial charge in [-0.1, -0.05) is 11.6 Å². The van der Waals surface area contributed by atoms with Crippen LogP contribution in [0.1, 0.15) is 19.8 Å². The number of nitrogens with one attached hydrogen (secondary N) is 3. The van der Waals surface area contributed by atoms with Crippen LogP contribution in [0, 0.1) is 0 Å². The molecule has 0 radical (unpaired) electrons. The van der Waals surface area contributed by atoms with E-state index in [-0.39, 0.29) is 10.8 Å². The van der Waals surface area contributed by atoms with E-state index in [2.05, 4.69) is 15.4 Å². The standard InChI is InChI=1S/C18H25N3O5S/c1-13(18(22)20-12-14-5-7-19-8-6-14)21-27(23,24)15-3-4-16-17(11-15)26-10-2-9-25-16/h3-5,11,13,19,21H,2,6-10,12H2,1H3,(H,20,22). The van der Waals surface area contributed by atoms with Crippen LogP contribution < -0.4 is 24.8 Å². The molecule has 3 rings (SSSR count). The zero-order valence-corrected chi connectivity index (χ0v) is 16.1. The van der Waals surface area contributed by atoms with Crippen molar-refractivity contribution in [1.29, 1.82) is 0 Å². The summed E-state index contributed by atoms with van der Waals surface area (Å²) in [6, 6.07) is 3.55. The number of carbonyl (C=O) groups excluding carboxylic acids is 1. The Morgan fingerprint density at radius 1 is 1.26 bits per heavy atom. The molecule has 3 N–H and O–H groups in total. The number of sulfonamides is 1. The minimum absolute atomic E-state index is 0.0347. The van der Waals surface area contributed by atoms with E-state index in [4.69, 9.17) is 9.47 Å². The number of hydrogen-bond donors (Lipinski definition) is 3. The van der Waals surface area contributed by atoms with E-state index < -0.39 is 16.1 Å². The maximum atomic E-state index is 12.6. The van der Waals surface area contributed by atoms with E-state index >= 15 is 0 Å². The summed E-state index contributed by atoms with van der Waals surface area (Å²) in [5.41, 5.74) is 1.14. The van der Waals surface area contributed by atoms with Crippen molar-refractivity contribution in [3.05, 3.63) is 29.8 Å². The van der Waals surface area contributed by atoms with Gasteiger partial charge in [-0.05, 0) is 32.0 Å². The van der Waals surface area contributed by atoms with Crippen LogP contribution in [0.4, 0.5) is 0 Å². The van der Waals surface area contributed by atoms with E-state index in [1.807, 2.05) is 6.08 Å². The molecule has 1 unspecified atom stereocenters. The lowest BCUT2D eigenvalue weighted by atomic mass is 10.1. The number of benzene rings is 1. The van der Waals surface area contributed by atoms with Crippen LogP contribution >= 0.6 is 0 Å². The molecule has 9 heteroatoms. The fourth-order valence-electron chi connectivity index (χ4n) is 2.85. The average Bonchev–Trinajstić information content (AvgIpc) is 2.91. The van der Waals surface area contributed by atoms with E-state index in [0.29, 0.717) is 31.3 Å². The summed E-state index contributed by atoms with van der Waals surface area (Å²) in [4.78, 5) is 12.3. The van der Waals surface area contributed by atoms with Gasteiger partial charge in [0.05, 0.1) is 24.2 Å². The van der Waals surface area contributed by atoms with Crippen molar-refractivity contribution < 1.29 is 22.7 Å². The maximum absolute atomic E-state index is 12.6. The molecular formula is C18H25N3O5S. The molecule has 2 aliphatic rings. The molecule has 1 amide bonds. The summed E-state index contributed by atoms with van der Waals surface area (Å²) in [7, 11) is -3.86. The number of rotatable bonds is 6. The fraction of sp³-hybridized carbons (Fsp3) is 0.500. The first-order chi connectivity index (χ1) is 13.0. The lowest BCUT2D eigenvalue weighted by molar-refractivity contribution is -0.122. The van der Waals surface area contributed by atoms with Crippen molar-refractivity contribution in [3.8, 4) is 11.5 Å². The predicted molar refractivity (Wildman–Crippen MR) is 100 cm³/mol.